The molecule has 0 aliphatic rings. The van der Waals surface area contributed by atoms with Crippen LogP contribution in [0.2, 0.25) is 0 Å². The van der Waals surface area contributed by atoms with Crippen LogP contribution in [0.3, 0.4) is 0 Å². The standard InChI is InChI=1S/C9H17ClO3/c1-2-13-9(12)7-8(11)5-3-4-6-10/h8,11H,2-7H2,1H3. The SMILES string of the molecule is CCOC(=O)CC(O)CCCCCl. The highest BCUT2D eigenvalue weighted by molar-refractivity contribution is 6.17. The van der Waals surface area contributed by atoms with Crippen LogP contribution >= 0.6 is 11.6 Å². The van der Waals surface area contributed by atoms with Gasteiger partial charge in [-0.15, -0.1) is 11.6 Å². The van der Waals surface area contributed by atoms with Crippen molar-refractivity contribution in [1.29, 1.82) is 0 Å². The van der Waals surface area contributed by atoms with Crippen LogP contribution in [-0.2, 0) is 9.53 Å². The van der Waals surface area contributed by atoms with E-state index in [-0.39, 0.29) is 12.4 Å². The van der Waals surface area contributed by atoms with Gasteiger partial charge in [-0.1, -0.05) is 0 Å². The van der Waals surface area contributed by atoms with E-state index in [9.17, 15) is 9.90 Å². The maximum atomic E-state index is 10.9. The zero-order valence-corrected chi connectivity index (χ0v) is 8.72. The second-order valence-corrected chi connectivity index (χ2v) is 3.23. The van der Waals surface area contributed by atoms with Crippen molar-refractivity contribution in [2.45, 2.75) is 38.7 Å². The third-order valence-electron chi connectivity index (χ3n) is 1.63. The summed E-state index contributed by atoms with van der Waals surface area (Å²) in [6, 6.07) is 0. The van der Waals surface area contributed by atoms with E-state index in [1.165, 1.54) is 0 Å². The first kappa shape index (κ1) is 12.7. The molecule has 78 valence electrons. The number of aliphatic hydroxyl groups is 1. The van der Waals surface area contributed by atoms with E-state index in [0.29, 0.717) is 18.9 Å². The first-order valence-electron chi connectivity index (χ1n) is 4.60. The average molecular weight is 209 g/mol. The predicted octanol–water partition coefficient (Wildman–Crippen LogP) is 1.71. The quantitative estimate of drug-likeness (QED) is 0.394. The molecule has 13 heavy (non-hydrogen) atoms. The molecule has 3 nitrogen and oxygen atoms in total. The molecule has 1 unspecified atom stereocenters. The normalized spacial score (nSPS) is 12.5. The van der Waals surface area contributed by atoms with E-state index < -0.39 is 6.10 Å². The van der Waals surface area contributed by atoms with Gasteiger partial charge in [0.1, 0.15) is 0 Å². The van der Waals surface area contributed by atoms with Gasteiger partial charge in [-0.3, -0.25) is 4.79 Å². The van der Waals surface area contributed by atoms with Gasteiger partial charge in [0.15, 0.2) is 0 Å². The molecule has 1 atom stereocenters. The molecule has 0 aliphatic heterocycles. The third-order valence-corrected chi connectivity index (χ3v) is 1.90. The first-order valence-corrected chi connectivity index (χ1v) is 5.13. The largest absolute Gasteiger partial charge is 0.466 e. The summed E-state index contributed by atoms with van der Waals surface area (Å²) in [5.41, 5.74) is 0. The predicted molar refractivity (Wildman–Crippen MR) is 51.8 cm³/mol. The number of alkyl halides is 1. The van der Waals surface area contributed by atoms with Gasteiger partial charge >= 0.3 is 5.97 Å². The second kappa shape index (κ2) is 8.32. The number of carbonyl (C=O) groups is 1. The van der Waals surface area contributed by atoms with Gasteiger partial charge in [0.2, 0.25) is 0 Å². The summed E-state index contributed by atoms with van der Waals surface area (Å²) in [4.78, 5) is 10.9. The molecule has 0 rings (SSSR count). The number of carbonyl (C=O) groups excluding carboxylic acids is 1. The molecule has 0 fully saturated rings. The molecule has 0 aliphatic carbocycles. The van der Waals surface area contributed by atoms with Crippen LogP contribution < -0.4 is 0 Å². The van der Waals surface area contributed by atoms with E-state index in [4.69, 9.17) is 16.3 Å². The molecular formula is C9H17ClO3. The summed E-state index contributed by atoms with van der Waals surface area (Å²) >= 11 is 5.47. The van der Waals surface area contributed by atoms with Gasteiger partial charge in [-0.05, 0) is 26.2 Å². The lowest BCUT2D eigenvalue weighted by atomic mass is 10.1. The van der Waals surface area contributed by atoms with Crippen LogP contribution in [0.5, 0.6) is 0 Å². The summed E-state index contributed by atoms with van der Waals surface area (Å²) in [7, 11) is 0. The molecule has 0 aromatic carbocycles. The molecule has 0 aromatic rings. The molecule has 0 bridgehead atoms. The second-order valence-electron chi connectivity index (χ2n) is 2.85. The number of esters is 1. The Bertz CT molecular complexity index is 139. The van der Waals surface area contributed by atoms with E-state index in [1.54, 1.807) is 6.92 Å². The number of aliphatic hydroxyl groups excluding tert-OH is 1. The third kappa shape index (κ3) is 8.06. The van der Waals surface area contributed by atoms with Gasteiger partial charge in [0.25, 0.3) is 0 Å². The van der Waals surface area contributed by atoms with Gasteiger partial charge in [0, 0.05) is 5.88 Å². The Labute approximate surface area is 84.0 Å². The Kier molecular flexibility index (Phi) is 8.14. The number of halogens is 1. The Morgan fingerprint density at radius 1 is 1.54 bits per heavy atom. The lowest BCUT2D eigenvalue weighted by Gasteiger charge is -2.08. The minimum atomic E-state index is -0.581. The number of hydrogen-bond donors (Lipinski definition) is 1. The fourth-order valence-electron chi connectivity index (χ4n) is 0.989. The summed E-state index contributed by atoms with van der Waals surface area (Å²) in [6.07, 6.45) is 1.86. The van der Waals surface area contributed by atoms with Crippen molar-refractivity contribution in [2.75, 3.05) is 12.5 Å². The van der Waals surface area contributed by atoms with E-state index >= 15 is 0 Å². The topological polar surface area (TPSA) is 46.5 Å². The molecule has 1 N–H and O–H groups in total. The first-order chi connectivity index (χ1) is 6.20. The van der Waals surface area contributed by atoms with Crippen molar-refractivity contribution >= 4 is 17.6 Å². The maximum absolute atomic E-state index is 10.9. The number of ether oxygens (including phenoxy) is 1. The molecule has 4 heteroatoms. The van der Waals surface area contributed by atoms with Crippen LogP contribution in [0, 0.1) is 0 Å². The maximum Gasteiger partial charge on any atom is 0.308 e. The van der Waals surface area contributed by atoms with Gasteiger partial charge in [-0.25, -0.2) is 0 Å². The fraction of sp³-hybridized carbons (Fsp3) is 0.889. The molecule has 0 saturated heterocycles. The van der Waals surface area contributed by atoms with Gasteiger partial charge in [-0.2, -0.15) is 0 Å². The van der Waals surface area contributed by atoms with Crippen molar-refractivity contribution in [3.8, 4) is 0 Å². The van der Waals surface area contributed by atoms with Crippen molar-refractivity contribution in [2.24, 2.45) is 0 Å². The average Bonchev–Trinajstić information content (AvgIpc) is 2.05. The smallest absolute Gasteiger partial charge is 0.308 e. The highest BCUT2D eigenvalue weighted by Gasteiger charge is 2.10. The lowest BCUT2D eigenvalue weighted by molar-refractivity contribution is -0.145. The van der Waals surface area contributed by atoms with Crippen molar-refractivity contribution in [3.63, 3.8) is 0 Å². The summed E-state index contributed by atoms with van der Waals surface area (Å²) in [5, 5.41) is 9.33. The zero-order valence-electron chi connectivity index (χ0n) is 7.96. The van der Waals surface area contributed by atoms with E-state index in [1.807, 2.05) is 0 Å². The Balaban J connectivity index is 3.38. The summed E-state index contributed by atoms with van der Waals surface area (Å²) in [6.45, 7) is 2.12. The molecule has 0 aromatic heterocycles. The molecule has 0 spiro atoms. The Morgan fingerprint density at radius 3 is 2.77 bits per heavy atom. The summed E-state index contributed by atoms with van der Waals surface area (Å²) < 4.78 is 4.69. The molecule has 0 amide bonds. The Hall–Kier alpha value is -0.280. The van der Waals surface area contributed by atoms with Crippen LogP contribution in [-0.4, -0.2) is 29.7 Å². The number of unbranched alkanes of at least 4 members (excludes halogenated alkanes) is 1. The van der Waals surface area contributed by atoms with Crippen LogP contribution in [0.4, 0.5) is 0 Å². The molecular weight excluding hydrogens is 192 g/mol. The molecule has 0 heterocycles. The van der Waals surface area contributed by atoms with Crippen LogP contribution in [0.15, 0.2) is 0 Å². The van der Waals surface area contributed by atoms with Gasteiger partial charge in [0.05, 0.1) is 19.1 Å². The van der Waals surface area contributed by atoms with Crippen molar-refractivity contribution in [3.05, 3.63) is 0 Å². The highest BCUT2D eigenvalue weighted by Crippen LogP contribution is 2.06. The minimum absolute atomic E-state index is 0.0934. The van der Waals surface area contributed by atoms with E-state index in [2.05, 4.69) is 0 Å². The molecule has 0 radical (unpaired) electrons. The highest BCUT2D eigenvalue weighted by atomic mass is 35.5. The molecule has 0 saturated carbocycles. The van der Waals surface area contributed by atoms with Crippen LogP contribution in [0.25, 0.3) is 0 Å². The van der Waals surface area contributed by atoms with Crippen molar-refractivity contribution < 1.29 is 14.6 Å². The monoisotopic (exact) mass is 208 g/mol. The Morgan fingerprint density at radius 2 is 2.23 bits per heavy atom. The van der Waals surface area contributed by atoms with Crippen LogP contribution in [0.1, 0.15) is 32.6 Å². The lowest BCUT2D eigenvalue weighted by Crippen LogP contribution is -2.15. The summed E-state index contributed by atoms with van der Waals surface area (Å²) in [5.74, 6) is 0.271. The van der Waals surface area contributed by atoms with Crippen molar-refractivity contribution in [1.82, 2.24) is 0 Å². The minimum Gasteiger partial charge on any atom is -0.466 e. The zero-order chi connectivity index (χ0) is 10.1. The number of hydrogen-bond acceptors (Lipinski definition) is 3. The van der Waals surface area contributed by atoms with Gasteiger partial charge < -0.3 is 9.84 Å². The number of rotatable bonds is 7. The van der Waals surface area contributed by atoms with E-state index in [0.717, 1.165) is 12.8 Å². The fourth-order valence-corrected chi connectivity index (χ4v) is 1.18.